The van der Waals surface area contributed by atoms with Gasteiger partial charge in [0.2, 0.25) is 0 Å². The highest BCUT2D eigenvalue weighted by atomic mass is 16.6. The number of hydrogen-bond acceptors (Lipinski definition) is 7. The fourth-order valence-electron chi connectivity index (χ4n) is 13.8. The summed E-state index contributed by atoms with van der Waals surface area (Å²) in [4.78, 5) is 17.5. The van der Waals surface area contributed by atoms with Crippen molar-refractivity contribution in [1.82, 2.24) is 9.80 Å². The van der Waals surface area contributed by atoms with E-state index in [0.29, 0.717) is 30.3 Å². The Balaban J connectivity index is 1.13. The Morgan fingerprint density at radius 3 is 2.30 bits per heavy atom. The molecule has 2 aliphatic heterocycles. The maximum absolute atomic E-state index is 13.3. The van der Waals surface area contributed by atoms with Gasteiger partial charge >= 0.3 is 6.09 Å². The number of likely N-dealkylation sites (N-methyl/N-ethyl adjacent to an activating group) is 1. The summed E-state index contributed by atoms with van der Waals surface area (Å²) in [6.45, 7) is 21.5. The van der Waals surface area contributed by atoms with E-state index in [9.17, 15) is 15.0 Å². The van der Waals surface area contributed by atoms with Gasteiger partial charge in [-0.3, -0.25) is 0 Å². The van der Waals surface area contributed by atoms with E-state index in [0.717, 1.165) is 64.7 Å². The van der Waals surface area contributed by atoms with Crippen LogP contribution in [0.15, 0.2) is 0 Å². The molecule has 0 aromatic rings. The minimum Gasteiger partial charge on any atom is -0.446 e. The lowest BCUT2D eigenvalue weighted by Gasteiger charge is -2.63. The first-order chi connectivity index (χ1) is 21.5. The fraction of sp³-hybridized carbons (Fsp3) is 0.974. The molecule has 7 fully saturated rings. The first-order valence-electron chi connectivity index (χ1n) is 18.8. The molecule has 0 aromatic heterocycles. The van der Waals surface area contributed by atoms with E-state index < -0.39 is 17.8 Å². The van der Waals surface area contributed by atoms with Crippen LogP contribution < -0.4 is 0 Å². The van der Waals surface area contributed by atoms with Gasteiger partial charge in [0.25, 0.3) is 0 Å². The molecule has 8 heteroatoms. The summed E-state index contributed by atoms with van der Waals surface area (Å²) in [5.41, 5.74) is -0.798. The molecule has 2 saturated heterocycles. The predicted molar refractivity (Wildman–Crippen MR) is 177 cm³/mol. The number of nitrogens with zero attached hydrogens (tertiary/aromatic N) is 2. The Bertz CT molecular complexity index is 1200. The summed E-state index contributed by atoms with van der Waals surface area (Å²) >= 11 is 0. The van der Waals surface area contributed by atoms with Gasteiger partial charge in [0.05, 0.1) is 23.9 Å². The standard InChI is InChI=1S/C38H64N2O6/c1-10-44-31(34(5,6)43)24-21-23(2)28-29(45-24)30(41)36(8)26-12-11-25-33(3,4)27(46-32(42)40-19-17-39(9)18-20-40)13-14-37(25)22-38(26,37)16-15-35(28,36)7/h23-31,41,43H,10-22H2,1-9H3/t23-,24?,25+,26?,27+,28+,29?,30+,31+,35-,36-,37-,38?/m1/s1. The van der Waals surface area contributed by atoms with E-state index >= 15 is 0 Å². The highest BCUT2D eigenvalue weighted by molar-refractivity contribution is 5.68. The van der Waals surface area contributed by atoms with Crippen LogP contribution in [0.1, 0.15) is 107 Å². The van der Waals surface area contributed by atoms with Gasteiger partial charge in [-0.1, -0.05) is 34.6 Å². The second-order valence-corrected chi connectivity index (χ2v) is 18.7. The molecule has 0 radical (unpaired) electrons. The van der Waals surface area contributed by atoms with Gasteiger partial charge in [-0.05, 0) is 119 Å². The molecule has 46 heavy (non-hydrogen) atoms. The van der Waals surface area contributed by atoms with E-state index in [4.69, 9.17) is 14.2 Å². The number of carbonyl (C=O) groups is 1. The molecule has 8 nitrogen and oxygen atoms in total. The molecule has 0 bridgehead atoms. The second-order valence-electron chi connectivity index (χ2n) is 18.7. The summed E-state index contributed by atoms with van der Waals surface area (Å²) in [6.07, 6.45) is 7.20. The lowest BCUT2D eigenvalue weighted by atomic mass is 9.41. The number of carbonyl (C=O) groups excluding carboxylic acids is 1. The zero-order valence-electron chi connectivity index (χ0n) is 30.3. The van der Waals surface area contributed by atoms with Crippen LogP contribution in [0.25, 0.3) is 0 Å². The molecule has 262 valence electrons. The van der Waals surface area contributed by atoms with Crippen molar-refractivity contribution in [2.75, 3.05) is 39.8 Å². The van der Waals surface area contributed by atoms with Gasteiger partial charge in [-0.2, -0.15) is 0 Å². The number of aliphatic hydroxyl groups is 2. The molecule has 7 rings (SSSR count). The summed E-state index contributed by atoms with van der Waals surface area (Å²) in [5, 5.41) is 23.6. The normalized spacial score (nSPS) is 50.4. The van der Waals surface area contributed by atoms with Crippen molar-refractivity contribution < 1.29 is 29.2 Å². The quantitative estimate of drug-likeness (QED) is 0.395. The molecule has 2 N–H and O–H groups in total. The number of ether oxygens (including phenoxy) is 3. The summed E-state index contributed by atoms with van der Waals surface area (Å²) in [6, 6.07) is 0. The van der Waals surface area contributed by atoms with Crippen molar-refractivity contribution in [1.29, 1.82) is 0 Å². The Kier molecular flexibility index (Phi) is 7.87. The maximum atomic E-state index is 13.3. The van der Waals surface area contributed by atoms with E-state index in [1.165, 1.54) is 12.8 Å². The van der Waals surface area contributed by atoms with Crippen molar-refractivity contribution in [3.63, 3.8) is 0 Å². The molecule has 0 aromatic carbocycles. The molecule has 2 spiro atoms. The van der Waals surface area contributed by atoms with E-state index in [-0.39, 0.29) is 51.5 Å². The molecule has 7 aliphatic rings. The summed E-state index contributed by atoms with van der Waals surface area (Å²) in [7, 11) is 2.11. The van der Waals surface area contributed by atoms with Gasteiger partial charge in [0.1, 0.15) is 12.2 Å². The molecule has 2 heterocycles. The van der Waals surface area contributed by atoms with Gasteiger partial charge < -0.3 is 34.2 Å². The van der Waals surface area contributed by atoms with Gasteiger partial charge in [0, 0.05) is 43.6 Å². The summed E-state index contributed by atoms with van der Waals surface area (Å²) < 4.78 is 19.4. The van der Waals surface area contributed by atoms with Crippen molar-refractivity contribution in [3.05, 3.63) is 0 Å². The third-order valence-electron chi connectivity index (χ3n) is 16.2. The Hall–Kier alpha value is -0.930. The number of fused-ring (bicyclic) bond motifs is 4. The van der Waals surface area contributed by atoms with Crippen LogP contribution in [-0.4, -0.2) is 102 Å². The van der Waals surface area contributed by atoms with E-state index in [1.807, 2.05) is 25.7 Å². The van der Waals surface area contributed by atoms with Crippen LogP contribution in [0.2, 0.25) is 0 Å². The fourth-order valence-corrected chi connectivity index (χ4v) is 13.8. The van der Waals surface area contributed by atoms with Crippen molar-refractivity contribution >= 4 is 6.09 Å². The lowest BCUT2D eigenvalue weighted by molar-refractivity contribution is -0.215. The number of piperazine rings is 1. The number of rotatable bonds is 5. The van der Waals surface area contributed by atoms with Crippen molar-refractivity contribution in [3.8, 4) is 0 Å². The smallest absolute Gasteiger partial charge is 0.410 e. The minimum atomic E-state index is -1.02. The monoisotopic (exact) mass is 644 g/mol. The predicted octanol–water partition coefficient (Wildman–Crippen LogP) is 5.73. The topological polar surface area (TPSA) is 91.7 Å². The van der Waals surface area contributed by atoms with Crippen LogP contribution >= 0.6 is 0 Å². The molecule has 5 aliphatic carbocycles. The Morgan fingerprint density at radius 2 is 1.65 bits per heavy atom. The highest BCUT2D eigenvalue weighted by Crippen LogP contribution is 2.89. The average Bonchev–Trinajstić information content (AvgIpc) is 3.61. The maximum Gasteiger partial charge on any atom is 0.410 e. The molecule has 13 atom stereocenters. The molecular formula is C38H64N2O6. The molecule has 5 saturated carbocycles. The summed E-state index contributed by atoms with van der Waals surface area (Å²) in [5.74, 6) is 1.65. The van der Waals surface area contributed by atoms with Crippen molar-refractivity contribution in [2.24, 2.45) is 50.7 Å². The third kappa shape index (κ3) is 4.37. The number of hydrogen-bond donors (Lipinski definition) is 2. The number of amides is 1. The molecule has 1 amide bonds. The van der Waals surface area contributed by atoms with Gasteiger partial charge in [-0.25, -0.2) is 4.79 Å². The first-order valence-corrected chi connectivity index (χ1v) is 18.8. The van der Waals surface area contributed by atoms with Crippen LogP contribution in [0.3, 0.4) is 0 Å². The number of aliphatic hydroxyl groups excluding tert-OH is 1. The van der Waals surface area contributed by atoms with Gasteiger partial charge in [0.15, 0.2) is 0 Å². The average molecular weight is 645 g/mol. The largest absolute Gasteiger partial charge is 0.446 e. The van der Waals surface area contributed by atoms with Gasteiger partial charge in [-0.15, -0.1) is 0 Å². The van der Waals surface area contributed by atoms with Crippen LogP contribution in [0, 0.1) is 50.7 Å². The molecular weight excluding hydrogens is 580 g/mol. The van der Waals surface area contributed by atoms with Crippen LogP contribution in [0.4, 0.5) is 4.79 Å². The Morgan fingerprint density at radius 1 is 1.00 bits per heavy atom. The minimum absolute atomic E-state index is 0.00535. The van der Waals surface area contributed by atoms with Crippen molar-refractivity contribution in [2.45, 2.75) is 143 Å². The van der Waals surface area contributed by atoms with Crippen LogP contribution in [0.5, 0.6) is 0 Å². The zero-order valence-corrected chi connectivity index (χ0v) is 30.3. The zero-order chi connectivity index (χ0) is 33.2. The Labute approximate surface area is 278 Å². The SMILES string of the molecule is CCO[C@@H](C1C[C@@H](C)[C@H]2C(O1)[C@H](O)[C@@]1(C)C3CC[C@H]4C(C)(C)[C@@H](OC(=O)N5CCN(C)CC5)CC[C@@]45CC35CC[C@]21C)C(C)(C)O. The van der Waals surface area contributed by atoms with E-state index in [1.54, 1.807) is 0 Å². The highest BCUT2D eigenvalue weighted by Gasteiger charge is 2.84. The third-order valence-corrected chi connectivity index (χ3v) is 16.2. The van der Waals surface area contributed by atoms with Crippen LogP contribution in [-0.2, 0) is 14.2 Å². The second kappa shape index (κ2) is 10.8. The first kappa shape index (κ1) is 33.6. The lowest BCUT2D eigenvalue weighted by Crippen LogP contribution is -2.60. The van der Waals surface area contributed by atoms with E-state index in [2.05, 4.69) is 46.6 Å². The molecule has 4 unspecified atom stereocenters.